The molecule has 2 saturated carbocycles. The molecule has 3 fully saturated rings. The molecule has 9 nitrogen and oxygen atoms in total. The summed E-state index contributed by atoms with van der Waals surface area (Å²) in [6.07, 6.45) is 15.8. The SMILES string of the molecule is CC12N=C(c3ccc(/C=C/C(=O)NCCc4ccccn4)cc3)N=C1C(=O)N(C1CCCCC1)C(=O)N2C1CCCCC1. The van der Waals surface area contributed by atoms with Crippen LogP contribution in [0.15, 0.2) is 64.7 Å². The van der Waals surface area contributed by atoms with E-state index in [-0.39, 0.29) is 29.9 Å². The molecule has 0 bridgehead atoms. The Morgan fingerprint density at radius 1 is 0.953 bits per heavy atom. The number of rotatable bonds is 8. The van der Waals surface area contributed by atoms with Crippen LogP contribution in [0.4, 0.5) is 4.79 Å². The van der Waals surface area contributed by atoms with E-state index in [2.05, 4.69) is 10.3 Å². The molecule has 0 radical (unpaired) electrons. The number of aliphatic imine (C=N–C) groups is 2. The maximum Gasteiger partial charge on any atom is 0.329 e. The predicted molar refractivity (Wildman–Crippen MR) is 167 cm³/mol. The van der Waals surface area contributed by atoms with E-state index in [4.69, 9.17) is 9.98 Å². The Kier molecular flexibility index (Phi) is 8.49. The van der Waals surface area contributed by atoms with Gasteiger partial charge in [0.2, 0.25) is 5.91 Å². The van der Waals surface area contributed by atoms with E-state index in [9.17, 15) is 14.4 Å². The largest absolute Gasteiger partial charge is 0.352 e. The van der Waals surface area contributed by atoms with Crippen LogP contribution >= 0.6 is 0 Å². The first-order valence-corrected chi connectivity index (χ1v) is 15.8. The maximum absolute atomic E-state index is 14.1. The van der Waals surface area contributed by atoms with Gasteiger partial charge in [-0.05, 0) is 56.4 Å². The lowest BCUT2D eigenvalue weighted by Crippen LogP contribution is -2.71. The van der Waals surface area contributed by atoms with Crippen molar-refractivity contribution in [1.29, 1.82) is 0 Å². The number of imide groups is 1. The third-order valence-electron chi connectivity index (χ3n) is 9.17. The number of nitrogens with zero attached hydrogens (tertiary/aromatic N) is 5. The smallest absolute Gasteiger partial charge is 0.329 e. The number of fused-ring (bicyclic) bond motifs is 1. The third kappa shape index (κ3) is 6.03. The number of aromatic nitrogens is 1. The van der Waals surface area contributed by atoms with Crippen LogP contribution < -0.4 is 5.32 Å². The fourth-order valence-electron chi connectivity index (χ4n) is 6.89. The molecule has 1 aromatic carbocycles. The monoisotopic (exact) mass is 580 g/mol. The number of hydrogen-bond donors (Lipinski definition) is 1. The van der Waals surface area contributed by atoms with Crippen LogP contribution in [-0.4, -0.2) is 68.5 Å². The summed E-state index contributed by atoms with van der Waals surface area (Å²) >= 11 is 0. The lowest BCUT2D eigenvalue weighted by Gasteiger charge is -2.50. The number of urea groups is 1. The first-order chi connectivity index (χ1) is 20.9. The fourth-order valence-corrected chi connectivity index (χ4v) is 6.89. The zero-order valence-electron chi connectivity index (χ0n) is 24.9. The number of carbonyl (C=O) groups excluding carboxylic acids is 3. The number of nitrogens with one attached hydrogen (secondary N) is 1. The van der Waals surface area contributed by atoms with Gasteiger partial charge in [0.1, 0.15) is 0 Å². The van der Waals surface area contributed by atoms with Gasteiger partial charge in [0.25, 0.3) is 5.91 Å². The van der Waals surface area contributed by atoms with Crippen LogP contribution in [0.1, 0.15) is 88.0 Å². The van der Waals surface area contributed by atoms with Crippen molar-refractivity contribution in [2.75, 3.05) is 6.54 Å². The number of benzene rings is 1. The van der Waals surface area contributed by atoms with Gasteiger partial charge in [-0.2, -0.15) is 0 Å². The molecule has 2 aliphatic carbocycles. The zero-order valence-corrected chi connectivity index (χ0v) is 24.9. The molecule has 1 saturated heterocycles. The van der Waals surface area contributed by atoms with Crippen molar-refractivity contribution in [3.8, 4) is 0 Å². The molecule has 4 aliphatic rings. The van der Waals surface area contributed by atoms with Crippen LogP contribution in [0.25, 0.3) is 6.08 Å². The number of amides is 4. The van der Waals surface area contributed by atoms with Crippen LogP contribution in [-0.2, 0) is 16.0 Å². The first kappa shape index (κ1) is 29.0. The molecule has 1 N–H and O–H groups in total. The molecule has 224 valence electrons. The molecular formula is C34H40N6O3. The summed E-state index contributed by atoms with van der Waals surface area (Å²) in [6.45, 7) is 2.39. The van der Waals surface area contributed by atoms with Crippen molar-refractivity contribution < 1.29 is 14.4 Å². The maximum atomic E-state index is 14.1. The van der Waals surface area contributed by atoms with Crippen molar-refractivity contribution in [1.82, 2.24) is 20.1 Å². The van der Waals surface area contributed by atoms with E-state index in [0.717, 1.165) is 74.6 Å². The number of amidine groups is 1. The Labute approximate surface area is 253 Å². The summed E-state index contributed by atoms with van der Waals surface area (Å²) in [5, 5.41) is 2.89. The van der Waals surface area contributed by atoms with Crippen LogP contribution in [0.2, 0.25) is 0 Å². The molecule has 1 aromatic heterocycles. The van der Waals surface area contributed by atoms with E-state index < -0.39 is 5.66 Å². The third-order valence-corrected chi connectivity index (χ3v) is 9.17. The summed E-state index contributed by atoms with van der Waals surface area (Å²) in [5.74, 6) is 0.00338. The lowest BCUT2D eigenvalue weighted by molar-refractivity contribution is -0.127. The summed E-state index contributed by atoms with van der Waals surface area (Å²) in [7, 11) is 0. The Hall–Kier alpha value is -4.14. The molecule has 2 aliphatic heterocycles. The minimum atomic E-state index is -1.11. The van der Waals surface area contributed by atoms with Crippen molar-refractivity contribution in [2.45, 2.75) is 95.3 Å². The highest BCUT2D eigenvalue weighted by Gasteiger charge is 2.57. The van der Waals surface area contributed by atoms with Gasteiger partial charge in [-0.15, -0.1) is 0 Å². The molecule has 4 amide bonds. The second-order valence-corrected chi connectivity index (χ2v) is 12.1. The topological polar surface area (TPSA) is 107 Å². The van der Waals surface area contributed by atoms with Gasteiger partial charge in [-0.25, -0.2) is 14.8 Å². The average Bonchev–Trinajstić information content (AvgIpc) is 3.40. The zero-order chi connectivity index (χ0) is 29.8. The van der Waals surface area contributed by atoms with Crippen molar-refractivity contribution in [3.05, 3.63) is 71.6 Å². The normalized spacial score (nSPS) is 23.4. The van der Waals surface area contributed by atoms with Crippen molar-refractivity contribution in [2.24, 2.45) is 9.98 Å². The number of carbonyl (C=O) groups is 3. The van der Waals surface area contributed by atoms with Crippen LogP contribution in [0, 0.1) is 0 Å². The van der Waals surface area contributed by atoms with Gasteiger partial charge < -0.3 is 5.32 Å². The minimum absolute atomic E-state index is 0.0429. The van der Waals surface area contributed by atoms with Crippen LogP contribution in [0.5, 0.6) is 0 Å². The molecule has 6 rings (SSSR count). The second kappa shape index (κ2) is 12.6. The summed E-state index contributed by atoms with van der Waals surface area (Å²) < 4.78 is 0. The predicted octanol–water partition coefficient (Wildman–Crippen LogP) is 5.30. The van der Waals surface area contributed by atoms with Crippen molar-refractivity contribution >= 4 is 35.5 Å². The van der Waals surface area contributed by atoms with Gasteiger partial charge in [0.15, 0.2) is 17.2 Å². The Morgan fingerprint density at radius 3 is 2.33 bits per heavy atom. The summed E-state index contributed by atoms with van der Waals surface area (Å²) in [5.41, 5.74) is 1.81. The van der Waals surface area contributed by atoms with Gasteiger partial charge >= 0.3 is 6.03 Å². The quantitative estimate of drug-likeness (QED) is 0.428. The summed E-state index contributed by atoms with van der Waals surface area (Å²) in [6, 6.07) is 13.1. The van der Waals surface area contributed by atoms with E-state index in [0.29, 0.717) is 24.5 Å². The molecule has 1 unspecified atom stereocenters. The van der Waals surface area contributed by atoms with Gasteiger partial charge in [-0.3, -0.25) is 24.4 Å². The molecular weight excluding hydrogens is 540 g/mol. The minimum Gasteiger partial charge on any atom is -0.352 e. The average molecular weight is 581 g/mol. The molecule has 1 atom stereocenters. The lowest BCUT2D eigenvalue weighted by atomic mass is 9.88. The Bertz CT molecular complexity index is 1440. The fraction of sp³-hybridized carbons (Fsp3) is 0.471. The van der Waals surface area contributed by atoms with Gasteiger partial charge in [-0.1, -0.05) is 68.9 Å². The Balaban J connectivity index is 1.19. The van der Waals surface area contributed by atoms with E-state index in [1.165, 1.54) is 17.4 Å². The van der Waals surface area contributed by atoms with Gasteiger partial charge in [0.05, 0.1) is 0 Å². The molecule has 43 heavy (non-hydrogen) atoms. The van der Waals surface area contributed by atoms with Gasteiger partial charge in [0, 0.05) is 48.6 Å². The second-order valence-electron chi connectivity index (χ2n) is 12.1. The highest BCUT2D eigenvalue weighted by molar-refractivity contribution is 6.49. The number of pyridine rings is 1. The van der Waals surface area contributed by atoms with Crippen LogP contribution in [0.3, 0.4) is 0 Å². The van der Waals surface area contributed by atoms with E-state index in [1.54, 1.807) is 12.3 Å². The van der Waals surface area contributed by atoms with Crippen molar-refractivity contribution in [3.63, 3.8) is 0 Å². The highest BCUT2D eigenvalue weighted by atomic mass is 16.2. The first-order valence-electron chi connectivity index (χ1n) is 15.8. The summed E-state index contributed by atoms with van der Waals surface area (Å²) in [4.78, 5) is 57.8. The molecule has 2 aromatic rings. The van der Waals surface area contributed by atoms with E-state index in [1.807, 2.05) is 54.3 Å². The molecule has 0 spiro atoms. The number of hydrogen-bond acceptors (Lipinski definition) is 6. The van der Waals surface area contributed by atoms with E-state index >= 15 is 0 Å². The highest BCUT2D eigenvalue weighted by Crippen LogP contribution is 2.40. The molecule has 9 heteroatoms. The molecule has 3 heterocycles. The Morgan fingerprint density at radius 2 is 1.65 bits per heavy atom. The standard InChI is InChI=1S/C34H40N6O3/c1-34-30(32(42)39(27-11-4-2-5-12-27)33(43)40(34)28-13-6-3-7-14-28)37-31(38-34)25-18-15-24(16-19-25)17-20-29(41)36-23-21-26-10-8-9-22-35-26/h8-10,15-20,22,27-28H,2-7,11-14,21,23H2,1H3,(H,36,41)/b20-17+.